The lowest BCUT2D eigenvalue weighted by Gasteiger charge is -2.12. The Morgan fingerprint density at radius 2 is 1.81 bits per heavy atom. The first-order chi connectivity index (χ1) is 12.2. The zero-order chi connectivity index (χ0) is 19.3. The molecular formula is C16H17ClN4O3S2. The molecule has 0 radical (unpaired) electrons. The van der Waals surface area contributed by atoms with E-state index in [0.29, 0.717) is 0 Å². The summed E-state index contributed by atoms with van der Waals surface area (Å²) in [4.78, 5) is 11.8. The SMILES string of the molecule is CCc1ccc(NC(=S)NNC(=O)c2ccc(Cl)c(S(N)(=O)=O)c2)cc1. The van der Waals surface area contributed by atoms with E-state index in [9.17, 15) is 13.2 Å². The molecule has 2 rings (SSSR count). The molecule has 0 fully saturated rings. The smallest absolute Gasteiger partial charge is 0.269 e. The maximum absolute atomic E-state index is 12.1. The maximum atomic E-state index is 12.1. The molecule has 10 heteroatoms. The molecule has 2 aromatic carbocycles. The van der Waals surface area contributed by atoms with E-state index in [1.165, 1.54) is 17.7 Å². The van der Waals surface area contributed by atoms with Crippen LogP contribution >= 0.6 is 23.8 Å². The van der Waals surface area contributed by atoms with Crippen LogP contribution in [0.2, 0.25) is 5.02 Å². The Kier molecular flexibility index (Phi) is 6.54. The molecule has 0 aliphatic rings. The van der Waals surface area contributed by atoms with Crippen LogP contribution in [0.4, 0.5) is 5.69 Å². The molecule has 0 saturated heterocycles. The quantitative estimate of drug-likeness (QED) is 0.452. The van der Waals surface area contributed by atoms with E-state index in [1.54, 1.807) is 0 Å². The average Bonchev–Trinajstić information content (AvgIpc) is 2.59. The Balaban J connectivity index is 1.98. The number of anilines is 1. The number of carbonyl (C=O) groups excluding carboxylic acids is 1. The van der Waals surface area contributed by atoms with Gasteiger partial charge in [-0.1, -0.05) is 30.7 Å². The van der Waals surface area contributed by atoms with Crippen molar-refractivity contribution in [3.63, 3.8) is 0 Å². The molecule has 0 bridgehead atoms. The van der Waals surface area contributed by atoms with Crippen LogP contribution < -0.4 is 21.3 Å². The van der Waals surface area contributed by atoms with Crippen molar-refractivity contribution in [2.75, 3.05) is 5.32 Å². The number of halogens is 1. The van der Waals surface area contributed by atoms with Gasteiger partial charge >= 0.3 is 0 Å². The van der Waals surface area contributed by atoms with Gasteiger partial charge in [0.05, 0.1) is 5.02 Å². The summed E-state index contributed by atoms with van der Waals surface area (Å²) < 4.78 is 22.9. The second-order valence-electron chi connectivity index (χ2n) is 5.27. The largest absolute Gasteiger partial charge is 0.331 e. The minimum absolute atomic E-state index is 0.0565. The van der Waals surface area contributed by atoms with E-state index < -0.39 is 15.9 Å². The molecule has 0 heterocycles. The first-order valence-corrected chi connectivity index (χ1v) is 9.82. The molecule has 0 aliphatic carbocycles. The van der Waals surface area contributed by atoms with E-state index in [4.69, 9.17) is 29.0 Å². The van der Waals surface area contributed by atoms with Gasteiger partial charge in [0.1, 0.15) is 4.90 Å². The van der Waals surface area contributed by atoms with Crippen LogP contribution in [0, 0.1) is 0 Å². The second-order valence-corrected chi connectivity index (χ2v) is 7.62. The van der Waals surface area contributed by atoms with Gasteiger partial charge in [-0.2, -0.15) is 0 Å². The van der Waals surface area contributed by atoms with Gasteiger partial charge in [-0.15, -0.1) is 0 Å². The average molecular weight is 413 g/mol. The maximum Gasteiger partial charge on any atom is 0.269 e. The Morgan fingerprint density at radius 1 is 1.15 bits per heavy atom. The molecule has 7 nitrogen and oxygen atoms in total. The Bertz CT molecular complexity index is 931. The van der Waals surface area contributed by atoms with Gasteiger partial charge in [0.2, 0.25) is 10.0 Å². The van der Waals surface area contributed by atoms with Crippen molar-refractivity contribution in [2.24, 2.45) is 5.14 Å². The molecule has 5 N–H and O–H groups in total. The van der Waals surface area contributed by atoms with Crippen LogP contribution in [0.1, 0.15) is 22.8 Å². The first kappa shape index (κ1) is 20.1. The van der Waals surface area contributed by atoms with E-state index in [2.05, 4.69) is 23.1 Å². The van der Waals surface area contributed by atoms with Crippen molar-refractivity contribution in [1.29, 1.82) is 0 Å². The number of primary sulfonamides is 1. The molecule has 138 valence electrons. The highest BCUT2D eigenvalue weighted by Gasteiger charge is 2.16. The molecule has 0 aromatic heterocycles. The normalized spacial score (nSPS) is 10.9. The van der Waals surface area contributed by atoms with Crippen LogP contribution in [0.25, 0.3) is 0 Å². The number of benzene rings is 2. The molecule has 0 unspecified atom stereocenters. The highest BCUT2D eigenvalue weighted by molar-refractivity contribution is 7.89. The predicted octanol–water partition coefficient (Wildman–Crippen LogP) is 2.18. The number of sulfonamides is 1. The minimum atomic E-state index is -4.04. The van der Waals surface area contributed by atoms with Crippen molar-refractivity contribution < 1.29 is 13.2 Å². The third-order valence-electron chi connectivity index (χ3n) is 3.41. The summed E-state index contributed by atoms with van der Waals surface area (Å²) in [6.07, 6.45) is 0.931. The number of rotatable bonds is 4. The lowest BCUT2D eigenvalue weighted by molar-refractivity contribution is 0.0944. The van der Waals surface area contributed by atoms with Crippen molar-refractivity contribution in [3.05, 3.63) is 58.6 Å². The van der Waals surface area contributed by atoms with Gasteiger partial charge in [-0.3, -0.25) is 15.6 Å². The van der Waals surface area contributed by atoms with Crippen LogP contribution in [0.15, 0.2) is 47.4 Å². The summed E-state index contributed by atoms with van der Waals surface area (Å²) >= 11 is 10.9. The molecule has 0 spiro atoms. The first-order valence-electron chi connectivity index (χ1n) is 7.49. The van der Waals surface area contributed by atoms with Crippen molar-refractivity contribution >= 4 is 50.5 Å². The third kappa shape index (κ3) is 5.40. The second kappa shape index (κ2) is 8.45. The molecule has 1 amide bonds. The number of nitrogens with one attached hydrogen (secondary N) is 3. The van der Waals surface area contributed by atoms with Gasteiger partial charge in [0, 0.05) is 11.3 Å². The summed E-state index contributed by atoms with van der Waals surface area (Å²) in [5.41, 5.74) is 6.91. The van der Waals surface area contributed by atoms with Gasteiger partial charge < -0.3 is 5.32 Å². The zero-order valence-corrected chi connectivity index (χ0v) is 16.1. The van der Waals surface area contributed by atoms with Crippen LogP contribution in [0.5, 0.6) is 0 Å². The number of hydrogen-bond donors (Lipinski definition) is 4. The fourth-order valence-corrected chi connectivity index (χ4v) is 3.27. The van der Waals surface area contributed by atoms with Gasteiger partial charge in [0.25, 0.3) is 5.91 Å². The molecular weight excluding hydrogens is 396 g/mol. The number of amides is 1. The Labute approximate surface area is 161 Å². The number of nitrogens with two attached hydrogens (primary N) is 1. The number of carbonyl (C=O) groups is 1. The Morgan fingerprint density at radius 3 is 2.38 bits per heavy atom. The molecule has 2 aromatic rings. The van der Waals surface area contributed by atoms with Gasteiger partial charge in [-0.05, 0) is 54.5 Å². The van der Waals surface area contributed by atoms with Gasteiger partial charge in [-0.25, -0.2) is 13.6 Å². The van der Waals surface area contributed by atoms with Crippen molar-refractivity contribution in [2.45, 2.75) is 18.2 Å². The fourth-order valence-electron chi connectivity index (χ4n) is 2.03. The van der Waals surface area contributed by atoms with Crippen LogP contribution in [-0.2, 0) is 16.4 Å². The molecule has 26 heavy (non-hydrogen) atoms. The van der Waals surface area contributed by atoms with E-state index in [0.717, 1.165) is 18.2 Å². The number of thiocarbonyl (C=S) groups is 1. The van der Waals surface area contributed by atoms with Crippen molar-refractivity contribution in [3.8, 4) is 0 Å². The Hall–Kier alpha value is -2.20. The number of hydrogen-bond acceptors (Lipinski definition) is 4. The topological polar surface area (TPSA) is 113 Å². The summed E-state index contributed by atoms with van der Waals surface area (Å²) in [7, 11) is -4.04. The molecule has 0 aliphatic heterocycles. The van der Waals surface area contributed by atoms with E-state index in [-0.39, 0.29) is 20.6 Å². The summed E-state index contributed by atoms with van der Waals surface area (Å²) in [5.74, 6) is -0.600. The van der Waals surface area contributed by atoms with Crippen molar-refractivity contribution in [1.82, 2.24) is 10.9 Å². The highest BCUT2D eigenvalue weighted by Crippen LogP contribution is 2.21. The number of aryl methyl sites for hydroxylation is 1. The molecule has 0 saturated carbocycles. The standard InChI is InChI=1S/C16H17ClN4O3S2/c1-2-10-3-6-12(7-4-10)19-16(25)21-20-15(22)11-5-8-13(17)14(9-11)26(18,23)24/h3-9H,2H2,1H3,(H,20,22)(H2,18,23,24)(H2,19,21,25). The minimum Gasteiger partial charge on any atom is -0.331 e. The summed E-state index contributed by atoms with van der Waals surface area (Å²) in [5, 5.41) is 8.08. The summed E-state index contributed by atoms with van der Waals surface area (Å²) in [6, 6.07) is 11.4. The van der Waals surface area contributed by atoms with Crippen LogP contribution in [-0.4, -0.2) is 19.4 Å². The highest BCUT2D eigenvalue weighted by atomic mass is 35.5. The van der Waals surface area contributed by atoms with Gasteiger partial charge in [0.15, 0.2) is 5.11 Å². The lowest BCUT2D eigenvalue weighted by Crippen LogP contribution is -2.43. The number of hydrazine groups is 1. The lowest BCUT2D eigenvalue weighted by atomic mass is 10.1. The summed E-state index contributed by atoms with van der Waals surface area (Å²) in [6.45, 7) is 2.06. The monoisotopic (exact) mass is 412 g/mol. The fraction of sp³-hybridized carbons (Fsp3) is 0.125. The van der Waals surface area contributed by atoms with E-state index >= 15 is 0 Å². The molecule has 0 atom stereocenters. The zero-order valence-electron chi connectivity index (χ0n) is 13.7. The predicted molar refractivity (Wildman–Crippen MR) is 105 cm³/mol. The third-order valence-corrected chi connectivity index (χ3v) is 5.01. The van der Waals surface area contributed by atoms with Crippen LogP contribution in [0.3, 0.4) is 0 Å². The van der Waals surface area contributed by atoms with E-state index in [1.807, 2.05) is 24.3 Å².